The van der Waals surface area contributed by atoms with E-state index in [1.807, 2.05) is 28.5 Å². The Bertz CT molecular complexity index is 1300. The number of benzene rings is 1. The number of halogens is 2. The van der Waals surface area contributed by atoms with Crippen LogP contribution in [0, 0.1) is 5.82 Å². The Morgan fingerprint density at radius 1 is 1.30 bits per heavy atom. The van der Waals surface area contributed by atoms with Gasteiger partial charge < -0.3 is 24.4 Å². The summed E-state index contributed by atoms with van der Waals surface area (Å²) in [6.07, 6.45) is 1.52. The van der Waals surface area contributed by atoms with Gasteiger partial charge in [0, 0.05) is 29.6 Å². The Hall–Kier alpha value is -2.79. The van der Waals surface area contributed by atoms with Gasteiger partial charge in [-0.05, 0) is 53.3 Å². The zero-order valence-corrected chi connectivity index (χ0v) is 19.8. The van der Waals surface area contributed by atoms with E-state index in [2.05, 4.69) is 0 Å². The van der Waals surface area contributed by atoms with E-state index in [9.17, 15) is 29.0 Å². The highest BCUT2D eigenvalue weighted by Crippen LogP contribution is 2.43. The first-order valence-corrected chi connectivity index (χ1v) is 11.3. The molecule has 2 N–H and O–H groups in total. The SMILES string of the molecule is CC[C@@]1(O)C(=O)OCc2c1ccn(CC1=C(I)C(=C=O)c3cc(F)ccc3N1CCO)c2=O. The molecule has 0 unspecified atom stereocenters. The molecule has 172 valence electrons. The Morgan fingerprint density at radius 3 is 2.73 bits per heavy atom. The van der Waals surface area contributed by atoms with Crippen molar-refractivity contribution in [3.63, 3.8) is 0 Å². The summed E-state index contributed by atoms with van der Waals surface area (Å²) >= 11 is 1.95. The number of aromatic nitrogens is 1. The number of carbonyl (C=O) groups excluding carboxylic acids is 2. The van der Waals surface area contributed by atoms with Crippen molar-refractivity contribution < 1.29 is 28.9 Å². The molecular weight excluding hydrogens is 546 g/mol. The fourth-order valence-corrected chi connectivity index (χ4v) is 5.08. The topological polar surface area (TPSA) is 109 Å². The van der Waals surface area contributed by atoms with E-state index < -0.39 is 22.9 Å². The van der Waals surface area contributed by atoms with Crippen molar-refractivity contribution in [1.29, 1.82) is 0 Å². The molecule has 3 heterocycles. The van der Waals surface area contributed by atoms with E-state index in [1.54, 1.807) is 11.8 Å². The number of anilines is 1. The first-order valence-electron chi connectivity index (χ1n) is 10.2. The molecule has 33 heavy (non-hydrogen) atoms. The van der Waals surface area contributed by atoms with Gasteiger partial charge >= 0.3 is 5.97 Å². The Balaban J connectivity index is 1.83. The molecule has 4 rings (SSSR count). The van der Waals surface area contributed by atoms with Gasteiger partial charge in [-0.25, -0.2) is 14.0 Å². The maximum Gasteiger partial charge on any atom is 0.343 e. The van der Waals surface area contributed by atoms with Crippen LogP contribution in [0.3, 0.4) is 0 Å². The van der Waals surface area contributed by atoms with E-state index in [-0.39, 0.29) is 49.4 Å². The fraction of sp³-hybridized carbons (Fsp3) is 0.304. The van der Waals surface area contributed by atoms with Crippen LogP contribution in [0.15, 0.2) is 44.5 Å². The van der Waals surface area contributed by atoms with E-state index in [1.165, 1.54) is 35.0 Å². The van der Waals surface area contributed by atoms with Gasteiger partial charge in [0.2, 0.25) is 0 Å². The number of allylic oxidation sites excluding steroid dienone is 3. The highest BCUT2D eigenvalue weighted by Gasteiger charge is 2.44. The lowest BCUT2D eigenvalue weighted by molar-refractivity contribution is -0.172. The molecule has 10 heteroatoms. The van der Waals surface area contributed by atoms with Crippen molar-refractivity contribution in [2.24, 2.45) is 0 Å². The number of aliphatic hydroxyl groups is 2. The third-order valence-electron chi connectivity index (χ3n) is 5.97. The molecule has 2 aromatic rings. The van der Waals surface area contributed by atoms with Crippen molar-refractivity contribution in [3.05, 3.63) is 72.6 Å². The predicted octanol–water partition coefficient (Wildman–Crippen LogP) is 2.02. The minimum Gasteiger partial charge on any atom is -0.458 e. The molecule has 0 spiro atoms. The molecule has 0 radical (unpaired) electrons. The number of hydrogen-bond acceptors (Lipinski definition) is 7. The van der Waals surface area contributed by atoms with E-state index in [0.29, 0.717) is 20.5 Å². The largest absolute Gasteiger partial charge is 0.458 e. The molecule has 8 nitrogen and oxygen atoms in total. The summed E-state index contributed by atoms with van der Waals surface area (Å²) in [5.74, 6) is 0.565. The average Bonchev–Trinajstić information content (AvgIpc) is 2.80. The first-order chi connectivity index (χ1) is 15.8. The second kappa shape index (κ2) is 8.86. The van der Waals surface area contributed by atoms with Crippen molar-refractivity contribution in [2.45, 2.75) is 32.1 Å². The standard InChI is InChI=1S/C23H20FIN2O6/c1-2-23(32)17-5-6-26(21(30)16(17)12-33-22(23)31)10-19-20(25)15(11-29)14-9-13(24)3-4-18(14)27(19)7-8-28/h3-6,9,28,32H,2,7-8,10,12H2,1H3/t23-/m0/s1. The highest BCUT2D eigenvalue weighted by atomic mass is 127. The van der Waals surface area contributed by atoms with Crippen LogP contribution in [0.2, 0.25) is 0 Å². The van der Waals surface area contributed by atoms with Gasteiger partial charge in [-0.3, -0.25) is 4.79 Å². The number of nitrogens with zero attached hydrogens (tertiary/aromatic N) is 2. The average molecular weight is 566 g/mol. The summed E-state index contributed by atoms with van der Waals surface area (Å²) in [7, 11) is 0. The van der Waals surface area contributed by atoms with Gasteiger partial charge in [0.05, 0.1) is 33.6 Å². The van der Waals surface area contributed by atoms with Crippen LogP contribution in [0.4, 0.5) is 10.1 Å². The number of β-amino-alcohol motifs (C(OH)–C–C–N with tert-alkyl or cyclic N) is 1. The van der Waals surface area contributed by atoms with Gasteiger partial charge in [0.15, 0.2) is 5.60 Å². The Labute approximate surface area is 201 Å². The summed E-state index contributed by atoms with van der Waals surface area (Å²) in [4.78, 5) is 38.8. The first kappa shape index (κ1) is 23.4. The molecule has 0 aliphatic carbocycles. The zero-order chi connectivity index (χ0) is 23.9. The maximum atomic E-state index is 13.9. The monoisotopic (exact) mass is 566 g/mol. The van der Waals surface area contributed by atoms with E-state index in [0.717, 1.165) is 0 Å². The number of pyridine rings is 1. The summed E-state index contributed by atoms with van der Waals surface area (Å²) in [6, 6.07) is 5.52. The third-order valence-corrected chi connectivity index (χ3v) is 7.13. The van der Waals surface area contributed by atoms with Crippen molar-refractivity contribution in [2.75, 3.05) is 18.1 Å². The summed E-state index contributed by atoms with van der Waals surface area (Å²) < 4.78 is 20.8. The molecular formula is C23H20FIN2O6. The van der Waals surface area contributed by atoms with Gasteiger partial charge in [-0.2, -0.15) is 0 Å². The molecule has 2 aliphatic heterocycles. The van der Waals surface area contributed by atoms with Crippen LogP contribution in [0.25, 0.3) is 5.57 Å². The smallest absolute Gasteiger partial charge is 0.343 e. The molecule has 2 aliphatic rings. The number of ether oxygens (including phenoxy) is 1. The van der Waals surface area contributed by atoms with E-state index in [4.69, 9.17) is 4.74 Å². The lowest BCUT2D eigenvalue weighted by Crippen LogP contribution is -2.44. The number of fused-ring (bicyclic) bond motifs is 2. The van der Waals surface area contributed by atoms with E-state index >= 15 is 0 Å². The number of rotatable bonds is 5. The predicted molar refractivity (Wildman–Crippen MR) is 126 cm³/mol. The maximum absolute atomic E-state index is 13.9. The molecule has 0 saturated carbocycles. The number of esters is 1. The summed E-state index contributed by atoms with van der Waals surface area (Å²) in [6.45, 7) is 1.32. The molecule has 0 amide bonds. The molecule has 0 bridgehead atoms. The highest BCUT2D eigenvalue weighted by molar-refractivity contribution is 14.1. The Kier molecular flexibility index (Phi) is 6.28. The number of carbonyl (C=O) groups is 1. The third kappa shape index (κ3) is 3.72. The molecule has 1 aromatic carbocycles. The summed E-state index contributed by atoms with van der Waals surface area (Å²) in [5, 5.41) is 20.4. The van der Waals surface area contributed by atoms with Crippen molar-refractivity contribution >= 4 is 45.8 Å². The van der Waals surface area contributed by atoms with Crippen LogP contribution in [-0.4, -0.2) is 39.8 Å². The molecule has 0 fully saturated rings. The minimum absolute atomic E-state index is 0.0187. The lowest BCUT2D eigenvalue weighted by Gasteiger charge is -2.35. The second-order valence-electron chi connectivity index (χ2n) is 7.71. The van der Waals surface area contributed by atoms with Crippen LogP contribution in [0.5, 0.6) is 0 Å². The quantitative estimate of drug-likeness (QED) is 0.324. The zero-order valence-electron chi connectivity index (χ0n) is 17.6. The number of cyclic esters (lactones) is 1. The van der Waals surface area contributed by atoms with Crippen LogP contribution in [-0.2, 0) is 33.1 Å². The molecule has 1 atom stereocenters. The van der Waals surface area contributed by atoms with Gasteiger partial charge in [-0.1, -0.05) is 6.92 Å². The van der Waals surface area contributed by atoms with Crippen LogP contribution in [0.1, 0.15) is 30.0 Å². The van der Waals surface area contributed by atoms with Gasteiger partial charge in [0.25, 0.3) is 5.56 Å². The van der Waals surface area contributed by atoms with Gasteiger partial charge in [-0.15, -0.1) is 0 Å². The summed E-state index contributed by atoms with van der Waals surface area (Å²) in [5.41, 5.74) is -0.370. The normalized spacial score (nSPS) is 19.7. The van der Waals surface area contributed by atoms with Crippen molar-refractivity contribution in [3.8, 4) is 0 Å². The number of aliphatic hydroxyl groups excluding tert-OH is 1. The Morgan fingerprint density at radius 2 is 2.06 bits per heavy atom. The lowest BCUT2D eigenvalue weighted by atomic mass is 9.87. The fourth-order valence-electron chi connectivity index (χ4n) is 4.22. The molecule has 0 saturated heterocycles. The van der Waals surface area contributed by atoms with Crippen molar-refractivity contribution in [1.82, 2.24) is 4.57 Å². The van der Waals surface area contributed by atoms with Crippen LogP contribution >= 0.6 is 22.6 Å². The minimum atomic E-state index is -1.89. The van der Waals surface area contributed by atoms with Crippen LogP contribution < -0.4 is 10.5 Å². The van der Waals surface area contributed by atoms with Gasteiger partial charge in [0.1, 0.15) is 18.4 Å². The second-order valence-corrected chi connectivity index (χ2v) is 8.78. The number of hydrogen-bond donors (Lipinski definition) is 2. The molecule has 1 aromatic heterocycles.